The summed E-state index contributed by atoms with van der Waals surface area (Å²) in [5, 5.41) is 4.72. The second-order valence-corrected chi connectivity index (χ2v) is 14.1. The molecule has 10 rings (SSSR count). The lowest BCUT2D eigenvalue weighted by molar-refractivity contribution is 0.660. The zero-order valence-electron chi connectivity index (χ0n) is 28.6. The van der Waals surface area contributed by atoms with E-state index in [1.54, 1.807) is 0 Å². The van der Waals surface area contributed by atoms with Crippen LogP contribution in [0.3, 0.4) is 0 Å². The maximum Gasteiger partial charge on any atom is 0.137 e. The molecule has 8 aromatic carbocycles. The Balaban J connectivity index is 1.19. The number of para-hydroxylation sites is 1. The highest BCUT2D eigenvalue weighted by atomic mass is 16.3. The molecular formula is C49H35NO. The molecule has 1 heterocycles. The summed E-state index contributed by atoms with van der Waals surface area (Å²) in [7, 11) is 0. The first-order chi connectivity index (χ1) is 25.0. The first-order valence-corrected chi connectivity index (χ1v) is 17.7. The maximum absolute atomic E-state index is 6.41. The highest BCUT2D eigenvalue weighted by molar-refractivity contribution is 6.13. The smallest absolute Gasteiger partial charge is 0.137 e. The standard InChI is InChI=1S/C49H35NO/c1-49(2)42-29-28-38(31-41(42)47-39(17-10-18-43(47)49)34-13-4-3-5-14-34)50(44-19-11-21-46-48(44)40-16-8-9-20-45(40)51-46)37-26-24-33(25-27-37)36-23-22-32-12-6-7-15-35(32)30-36/h3-31H,1-2H3. The van der Waals surface area contributed by atoms with Gasteiger partial charge in [-0.3, -0.25) is 0 Å². The van der Waals surface area contributed by atoms with Crippen molar-refractivity contribution in [1.29, 1.82) is 0 Å². The van der Waals surface area contributed by atoms with Crippen molar-refractivity contribution in [2.24, 2.45) is 0 Å². The van der Waals surface area contributed by atoms with Crippen LogP contribution < -0.4 is 4.90 Å². The number of hydrogen-bond acceptors (Lipinski definition) is 2. The highest BCUT2D eigenvalue weighted by Crippen LogP contribution is 2.54. The number of anilines is 3. The predicted octanol–water partition coefficient (Wildman–Crippen LogP) is 13.8. The zero-order chi connectivity index (χ0) is 34.1. The molecule has 0 N–H and O–H groups in total. The molecule has 0 amide bonds. The van der Waals surface area contributed by atoms with Gasteiger partial charge in [0.25, 0.3) is 0 Å². The van der Waals surface area contributed by atoms with Crippen LogP contribution in [0.1, 0.15) is 25.0 Å². The number of hydrogen-bond donors (Lipinski definition) is 0. The second kappa shape index (κ2) is 11.3. The number of nitrogens with zero attached hydrogens (tertiary/aromatic N) is 1. The molecule has 0 saturated carbocycles. The van der Waals surface area contributed by atoms with E-state index in [2.05, 4.69) is 189 Å². The molecule has 2 heteroatoms. The number of rotatable bonds is 5. The van der Waals surface area contributed by atoms with Crippen LogP contribution in [0.5, 0.6) is 0 Å². The maximum atomic E-state index is 6.41. The Hall–Kier alpha value is -6.38. The molecule has 51 heavy (non-hydrogen) atoms. The Morgan fingerprint density at radius 3 is 2.02 bits per heavy atom. The van der Waals surface area contributed by atoms with E-state index in [0.29, 0.717) is 0 Å². The average molecular weight is 654 g/mol. The van der Waals surface area contributed by atoms with Crippen molar-refractivity contribution in [2.75, 3.05) is 4.90 Å². The fourth-order valence-corrected chi connectivity index (χ4v) is 8.33. The first kappa shape index (κ1) is 29.5. The van der Waals surface area contributed by atoms with Crippen molar-refractivity contribution in [3.8, 4) is 33.4 Å². The quantitative estimate of drug-likeness (QED) is 0.184. The van der Waals surface area contributed by atoms with Gasteiger partial charge in [-0.2, -0.15) is 0 Å². The third kappa shape index (κ3) is 4.64. The van der Waals surface area contributed by atoms with Crippen molar-refractivity contribution in [3.63, 3.8) is 0 Å². The molecule has 0 radical (unpaired) electrons. The summed E-state index contributed by atoms with van der Waals surface area (Å²) < 4.78 is 6.41. The summed E-state index contributed by atoms with van der Waals surface area (Å²) in [6, 6.07) is 63.7. The third-order valence-corrected chi connectivity index (χ3v) is 10.9. The minimum atomic E-state index is -0.124. The van der Waals surface area contributed by atoms with Gasteiger partial charge < -0.3 is 9.32 Å². The molecule has 9 aromatic rings. The Bertz CT molecular complexity index is 2770. The summed E-state index contributed by atoms with van der Waals surface area (Å²) in [5.74, 6) is 0. The molecule has 0 unspecified atom stereocenters. The molecule has 0 atom stereocenters. The summed E-state index contributed by atoms with van der Waals surface area (Å²) in [5.41, 5.74) is 15.2. The third-order valence-electron chi connectivity index (χ3n) is 10.9. The SMILES string of the molecule is CC1(C)c2ccc(N(c3ccc(-c4ccc5ccccc5c4)cc3)c3cccc4oc5ccccc5c34)cc2-c2c(-c3ccccc3)cccc21. The lowest BCUT2D eigenvalue weighted by Crippen LogP contribution is -2.15. The largest absolute Gasteiger partial charge is 0.456 e. The molecule has 1 aliphatic carbocycles. The summed E-state index contributed by atoms with van der Waals surface area (Å²) in [6.07, 6.45) is 0. The van der Waals surface area contributed by atoms with Gasteiger partial charge in [-0.25, -0.2) is 0 Å². The van der Waals surface area contributed by atoms with E-state index < -0.39 is 0 Å². The molecule has 0 spiro atoms. The van der Waals surface area contributed by atoms with Crippen LogP contribution >= 0.6 is 0 Å². The lowest BCUT2D eigenvalue weighted by atomic mass is 9.82. The summed E-state index contributed by atoms with van der Waals surface area (Å²) in [4.78, 5) is 2.41. The van der Waals surface area contributed by atoms with E-state index in [-0.39, 0.29) is 5.41 Å². The van der Waals surface area contributed by atoms with Crippen LogP contribution in [-0.4, -0.2) is 0 Å². The van der Waals surface area contributed by atoms with E-state index in [9.17, 15) is 0 Å². The fraction of sp³-hybridized carbons (Fsp3) is 0.0612. The van der Waals surface area contributed by atoms with Crippen LogP contribution in [0, 0.1) is 0 Å². The van der Waals surface area contributed by atoms with Crippen molar-refractivity contribution >= 4 is 49.8 Å². The molecule has 0 aliphatic heterocycles. The molecule has 242 valence electrons. The average Bonchev–Trinajstić information content (AvgIpc) is 3.68. The minimum absolute atomic E-state index is 0.124. The van der Waals surface area contributed by atoms with Gasteiger partial charge in [0.1, 0.15) is 11.2 Å². The van der Waals surface area contributed by atoms with Crippen LogP contribution in [0.25, 0.3) is 66.1 Å². The van der Waals surface area contributed by atoms with Gasteiger partial charge in [-0.1, -0.05) is 141 Å². The minimum Gasteiger partial charge on any atom is -0.456 e. The molecular weight excluding hydrogens is 619 g/mol. The molecule has 1 aliphatic rings. The van der Waals surface area contributed by atoms with Crippen molar-refractivity contribution in [3.05, 3.63) is 187 Å². The van der Waals surface area contributed by atoms with Gasteiger partial charge in [0.15, 0.2) is 0 Å². The van der Waals surface area contributed by atoms with E-state index in [1.807, 2.05) is 6.07 Å². The Morgan fingerprint density at radius 1 is 0.451 bits per heavy atom. The topological polar surface area (TPSA) is 16.4 Å². The monoisotopic (exact) mass is 653 g/mol. The van der Waals surface area contributed by atoms with Crippen molar-refractivity contribution in [1.82, 2.24) is 0 Å². The van der Waals surface area contributed by atoms with Gasteiger partial charge in [0.05, 0.1) is 11.1 Å². The van der Waals surface area contributed by atoms with Crippen LogP contribution in [0.4, 0.5) is 17.1 Å². The fourth-order valence-electron chi connectivity index (χ4n) is 8.33. The molecule has 0 bridgehead atoms. The van der Waals surface area contributed by atoms with Gasteiger partial charge in [0, 0.05) is 22.2 Å². The summed E-state index contributed by atoms with van der Waals surface area (Å²) in [6.45, 7) is 4.71. The van der Waals surface area contributed by atoms with Gasteiger partial charge in [-0.15, -0.1) is 0 Å². The van der Waals surface area contributed by atoms with E-state index >= 15 is 0 Å². The van der Waals surface area contributed by atoms with Gasteiger partial charge in [-0.05, 0) is 104 Å². The van der Waals surface area contributed by atoms with Crippen LogP contribution in [0.15, 0.2) is 180 Å². The van der Waals surface area contributed by atoms with Crippen LogP contribution in [-0.2, 0) is 5.41 Å². The lowest BCUT2D eigenvalue weighted by Gasteiger charge is -2.28. The highest BCUT2D eigenvalue weighted by Gasteiger charge is 2.37. The first-order valence-electron chi connectivity index (χ1n) is 17.7. The van der Waals surface area contributed by atoms with Crippen molar-refractivity contribution in [2.45, 2.75) is 19.3 Å². The summed E-state index contributed by atoms with van der Waals surface area (Å²) >= 11 is 0. The Morgan fingerprint density at radius 2 is 1.16 bits per heavy atom. The van der Waals surface area contributed by atoms with Gasteiger partial charge in [0.2, 0.25) is 0 Å². The molecule has 1 aromatic heterocycles. The molecule has 0 saturated heterocycles. The molecule has 0 fully saturated rings. The Kier molecular flexibility index (Phi) is 6.56. The van der Waals surface area contributed by atoms with E-state index in [1.165, 1.54) is 55.3 Å². The van der Waals surface area contributed by atoms with E-state index in [4.69, 9.17) is 4.42 Å². The molecule has 2 nitrogen and oxygen atoms in total. The Labute approximate surface area is 297 Å². The van der Waals surface area contributed by atoms with E-state index in [0.717, 1.165) is 39.0 Å². The normalized spacial score (nSPS) is 13.1. The second-order valence-electron chi connectivity index (χ2n) is 14.1. The zero-order valence-corrected chi connectivity index (χ0v) is 28.6. The number of benzene rings is 8. The van der Waals surface area contributed by atoms with Crippen LogP contribution in [0.2, 0.25) is 0 Å². The van der Waals surface area contributed by atoms with Crippen molar-refractivity contribution < 1.29 is 4.42 Å². The van der Waals surface area contributed by atoms with Gasteiger partial charge >= 0.3 is 0 Å². The predicted molar refractivity (Wildman–Crippen MR) is 214 cm³/mol. The number of fused-ring (bicyclic) bond motifs is 7. The number of furan rings is 1.